The van der Waals surface area contributed by atoms with Gasteiger partial charge in [0, 0.05) is 11.3 Å². The van der Waals surface area contributed by atoms with Gasteiger partial charge in [-0.05, 0) is 48.7 Å². The molecule has 0 spiro atoms. The summed E-state index contributed by atoms with van der Waals surface area (Å²) in [5.74, 6) is -2.49. The summed E-state index contributed by atoms with van der Waals surface area (Å²) >= 11 is 0. The summed E-state index contributed by atoms with van der Waals surface area (Å²) < 4.78 is 0. The first-order valence-electron chi connectivity index (χ1n) is 9.33. The molecule has 150 valence electrons. The number of aliphatic hydroxyl groups excluding tert-OH is 1. The summed E-state index contributed by atoms with van der Waals surface area (Å²) in [6.45, 7) is 1.53. The van der Waals surface area contributed by atoms with Gasteiger partial charge < -0.3 is 20.4 Å². The summed E-state index contributed by atoms with van der Waals surface area (Å²) in [6, 6.07) is 15.3. The van der Waals surface area contributed by atoms with E-state index in [-0.39, 0.29) is 53.1 Å². The van der Waals surface area contributed by atoms with Crippen LogP contribution in [0.1, 0.15) is 29.3 Å². The third-order valence-corrected chi connectivity index (χ3v) is 5.44. The number of aliphatic hydroxyl groups is 1. The van der Waals surface area contributed by atoms with Gasteiger partial charge in [-0.2, -0.15) is 0 Å². The predicted octanol–water partition coefficient (Wildman–Crippen LogP) is 1.70. The summed E-state index contributed by atoms with van der Waals surface area (Å²) in [5.41, 5.74) is 2.04. The fraction of sp³-hybridized carbons (Fsp3) is 0.227. The van der Waals surface area contributed by atoms with Crippen LogP contribution in [-0.2, 0) is 9.59 Å². The van der Waals surface area contributed by atoms with Crippen molar-refractivity contribution < 1.29 is 24.6 Å². The van der Waals surface area contributed by atoms with E-state index >= 15 is 0 Å². The van der Waals surface area contributed by atoms with Crippen molar-refractivity contribution in [3.8, 4) is 0 Å². The molecule has 2 aromatic rings. The summed E-state index contributed by atoms with van der Waals surface area (Å²) in [4.78, 5) is 38.1. The number of aliphatic carboxylic acids is 1. The zero-order chi connectivity index (χ0) is 20.7. The van der Waals surface area contributed by atoms with Gasteiger partial charge >= 0.3 is 35.5 Å². The summed E-state index contributed by atoms with van der Waals surface area (Å²) in [6.07, 6.45) is -0.520. The maximum atomic E-state index is 12.6. The quantitative estimate of drug-likeness (QED) is 0.508. The molecule has 0 unspecified atom stereocenters. The second-order valence-electron chi connectivity index (χ2n) is 7.28. The van der Waals surface area contributed by atoms with Crippen molar-refractivity contribution in [2.24, 2.45) is 5.92 Å². The standard InChI is InChI=1S/C22H20N2O5.Na.H/c1-12(25)18-17-11-16(19(22(28)29)24(17)21(18)27)13-6-5-7-14(10-13)20(26)23-15-8-3-2-4-9-15;;/h2-10,12,17-18,25H,11H2,1H3,(H,23,26)(H,28,29);;/t12-,17-,18-;;/m1../s1. The number of fused-ring (bicyclic) bond motifs is 1. The second-order valence-corrected chi connectivity index (χ2v) is 7.28. The van der Waals surface area contributed by atoms with Gasteiger partial charge in [0.25, 0.3) is 5.91 Å². The SMILES string of the molecule is C[C@@H](O)[C@H]1C(=O)N2C(C(=O)O)=C(c3cccc(C(=O)Nc4ccccc4)c3)C[C@H]12.[NaH]. The Hall–Kier alpha value is -2.45. The van der Waals surface area contributed by atoms with Crippen LogP contribution in [0.15, 0.2) is 60.3 Å². The van der Waals surface area contributed by atoms with E-state index in [1.807, 2.05) is 18.2 Å². The zero-order valence-electron chi connectivity index (χ0n) is 15.7. The maximum absolute atomic E-state index is 12.6. The number of carbonyl (C=O) groups excluding carboxylic acids is 2. The first kappa shape index (κ1) is 22.2. The van der Waals surface area contributed by atoms with Gasteiger partial charge in [0.05, 0.1) is 18.1 Å². The van der Waals surface area contributed by atoms with Crippen molar-refractivity contribution in [3.05, 3.63) is 71.4 Å². The number of amides is 2. The average molecular weight is 416 g/mol. The number of nitrogens with one attached hydrogen (secondary N) is 1. The van der Waals surface area contributed by atoms with Gasteiger partial charge in [-0.3, -0.25) is 9.59 Å². The summed E-state index contributed by atoms with van der Waals surface area (Å²) in [5, 5.41) is 22.4. The van der Waals surface area contributed by atoms with E-state index in [0.29, 0.717) is 28.8 Å². The van der Waals surface area contributed by atoms with E-state index < -0.39 is 18.0 Å². The van der Waals surface area contributed by atoms with E-state index in [4.69, 9.17) is 0 Å². The van der Waals surface area contributed by atoms with Gasteiger partial charge in [-0.1, -0.05) is 30.3 Å². The number of hydrogen-bond acceptors (Lipinski definition) is 4. The monoisotopic (exact) mass is 416 g/mol. The normalized spacial score (nSPS) is 20.7. The van der Waals surface area contributed by atoms with Crippen LogP contribution in [0, 0.1) is 5.92 Å². The van der Waals surface area contributed by atoms with Crippen LogP contribution in [0.5, 0.6) is 0 Å². The molecule has 7 nitrogen and oxygen atoms in total. The number of benzene rings is 2. The Bertz CT molecular complexity index is 1030. The second kappa shape index (κ2) is 8.73. The van der Waals surface area contributed by atoms with Crippen LogP contribution in [-0.4, -0.2) is 74.6 Å². The number of carboxylic acid groups (broad SMARTS) is 1. The number of para-hydroxylation sites is 1. The molecule has 2 aliphatic heterocycles. The number of carboxylic acids is 1. The van der Waals surface area contributed by atoms with Gasteiger partial charge in [0.1, 0.15) is 5.70 Å². The van der Waals surface area contributed by atoms with Crippen molar-refractivity contribution in [1.82, 2.24) is 4.90 Å². The number of carbonyl (C=O) groups is 3. The molecular formula is C22H21N2NaO5. The van der Waals surface area contributed by atoms with Crippen LogP contribution >= 0.6 is 0 Å². The zero-order valence-corrected chi connectivity index (χ0v) is 15.7. The fourth-order valence-electron chi connectivity index (χ4n) is 4.10. The van der Waals surface area contributed by atoms with Crippen LogP contribution in [0.3, 0.4) is 0 Å². The molecule has 3 N–H and O–H groups in total. The Morgan fingerprint density at radius 3 is 2.47 bits per heavy atom. The molecule has 2 heterocycles. The third kappa shape index (κ3) is 3.81. The molecule has 0 aromatic heterocycles. The topological polar surface area (TPSA) is 107 Å². The molecule has 2 aromatic carbocycles. The number of rotatable bonds is 5. The Morgan fingerprint density at radius 2 is 1.83 bits per heavy atom. The Labute approximate surface area is 195 Å². The average Bonchev–Trinajstić information content (AvgIpc) is 3.04. The molecule has 0 bridgehead atoms. The molecule has 0 saturated carbocycles. The number of β-lactam (4-membered cyclic amide) rings is 1. The Balaban J connectivity index is 0.00000256. The van der Waals surface area contributed by atoms with Crippen molar-refractivity contribution in [1.29, 1.82) is 0 Å². The molecule has 1 fully saturated rings. The van der Waals surface area contributed by atoms with Gasteiger partial charge in [-0.15, -0.1) is 0 Å². The van der Waals surface area contributed by atoms with Crippen LogP contribution in [0.25, 0.3) is 5.57 Å². The first-order chi connectivity index (χ1) is 13.9. The van der Waals surface area contributed by atoms with E-state index in [2.05, 4.69) is 5.32 Å². The number of anilines is 1. The molecule has 1 saturated heterocycles. The molecule has 2 amide bonds. The Kier molecular flexibility index (Phi) is 6.47. The van der Waals surface area contributed by atoms with Crippen LogP contribution in [0.4, 0.5) is 5.69 Å². The van der Waals surface area contributed by atoms with Crippen molar-refractivity contribution in [2.45, 2.75) is 25.5 Å². The van der Waals surface area contributed by atoms with Crippen LogP contribution < -0.4 is 5.32 Å². The van der Waals surface area contributed by atoms with E-state index in [1.54, 1.807) is 36.4 Å². The molecule has 30 heavy (non-hydrogen) atoms. The van der Waals surface area contributed by atoms with E-state index in [1.165, 1.54) is 11.8 Å². The number of hydrogen-bond donors (Lipinski definition) is 3. The van der Waals surface area contributed by atoms with Gasteiger partial charge in [-0.25, -0.2) is 4.79 Å². The van der Waals surface area contributed by atoms with Crippen LogP contribution in [0.2, 0.25) is 0 Å². The third-order valence-electron chi connectivity index (χ3n) is 5.44. The van der Waals surface area contributed by atoms with E-state index in [0.717, 1.165) is 0 Å². The fourth-order valence-corrected chi connectivity index (χ4v) is 4.10. The number of nitrogens with zero attached hydrogens (tertiary/aromatic N) is 1. The first-order valence-corrected chi connectivity index (χ1v) is 9.33. The molecule has 4 rings (SSSR count). The minimum atomic E-state index is -1.20. The van der Waals surface area contributed by atoms with E-state index in [9.17, 15) is 24.6 Å². The predicted molar refractivity (Wildman–Crippen MR) is 113 cm³/mol. The Morgan fingerprint density at radius 1 is 1.13 bits per heavy atom. The van der Waals surface area contributed by atoms with Crippen molar-refractivity contribution >= 4 is 58.6 Å². The minimum absolute atomic E-state index is 0. The molecule has 0 aliphatic carbocycles. The van der Waals surface area contributed by atoms with Crippen molar-refractivity contribution in [3.63, 3.8) is 0 Å². The molecule has 8 heteroatoms. The van der Waals surface area contributed by atoms with Crippen molar-refractivity contribution in [2.75, 3.05) is 5.32 Å². The van der Waals surface area contributed by atoms with Gasteiger partial charge in [0.2, 0.25) is 5.91 Å². The molecule has 0 radical (unpaired) electrons. The summed E-state index contributed by atoms with van der Waals surface area (Å²) in [7, 11) is 0. The van der Waals surface area contributed by atoms with Gasteiger partial charge in [0.15, 0.2) is 0 Å². The molecule has 3 atom stereocenters. The molecular weight excluding hydrogens is 395 g/mol. The molecule has 2 aliphatic rings.